The molecule has 0 saturated heterocycles. The Hall–Kier alpha value is -1.64. The van der Waals surface area contributed by atoms with Crippen molar-refractivity contribution >= 4 is 33.5 Å². The maximum absolute atomic E-state index is 12.4. The maximum atomic E-state index is 12.4. The van der Waals surface area contributed by atoms with Gasteiger partial charge in [-0.1, -0.05) is 39.3 Å². The van der Waals surface area contributed by atoms with Gasteiger partial charge in [0.05, 0.1) is 10.6 Å². The molecule has 1 amide bonds. The molecule has 0 aliphatic heterocycles. The third-order valence-electron chi connectivity index (χ3n) is 3.58. The highest BCUT2D eigenvalue weighted by molar-refractivity contribution is 7.89. The van der Waals surface area contributed by atoms with Crippen molar-refractivity contribution in [3.05, 3.63) is 28.8 Å². The average molecular weight is 419 g/mol. The predicted molar refractivity (Wildman–Crippen MR) is 104 cm³/mol. The molecule has 1 aromatic rings. The van der Waals surface area contributed by atoms with Gasteiger partial charge in [0.15, 0.2) is 6.61 Å². The number of ether oxygens (including phenoxy) is 1. The first-order valence-corrected chi connectivity index (χ1v) is 10.5. The highest BCUT2D eigenvalue weighted by Crippen LogP contribution is 2.22. The minimum Gasteiger partial charge on any atom is -0.452 e. The summed E-state index contributed by atoms with van der Waals surface area (Å²) in [7, 11) is -2.58. The van der Waals surface area contributed by atoms with E-state index in [0.29, 0.717) is 13.1 Å². The van der Waals surface area contributed by atoms with Crippen LogP contribution in [-0.2, 0) is 19.6 Å². The number of hydrogen-bond acceptors (Lipinski definition) is 5. The van der Waals surface area contributed by atoms with Gasteiger partial charge < -0.3 is 9.64 Å². The van der Waals surface area contributed by atoms with Crippen LogP contribution in [0.5, 0.6) is 0 Å². The second kappa shape index (κ2) is 10.1. The van der Waals surface area contributed by atoms with Gasteiger partial charge in [0.1, 0.15) is 4.90 Å². The average Bonchev–Trinajstić information content (AvgIpc) is 2.58. The van der Waals surface area contributed by atoms with Gasteiger partial charge >= 0.3 is 5.97 Å². The quantitative estimate of drug-likeness (QED) is 0.622. The van der Waals surface area contributed by atoms with E-state index >= 15 is 0 Å². The van der Waals surface area contributed by atoms with E-state index in [9.17, 15) is 18.0 Å². The molecule has 152 valence electrons. The highest BCUT2D eigenvalue weighted by atomic mass is 35.5. The first-order chi connectivity index (χ1) is 12.5. The van der Waals surface area contributed by atoms with E-state index in [1.165, 1.54) is 19.2 Å². The first kappa shape index (κ1) is 23.4. The summed E-state index contributed by atoms with van der Waals surface area (Å²) in [5.41, 5.74) is 0.000272. The van der Waals surface area contributed by atoms with Gasteiger partial charge in [-0.05, 0) is 37.1 Å². The molecule has 1 aromatic carbocycles. The number of rotatable bonds is 9. The van der Waals surface area contributed by atoms with Crippen LogP contribution in [0, 0.1) is 11.8 Å². The normalized spacial score (nSPS) is 11.7. The zero-order valence-corrected chi connectivity index (χ0v) is 17.9. The lowest BCUT2D eigenvalue weighted by atomic mass is 10.1. The van der Waals surface area contributed by atoms with Crippen LogP contribution in [0.25, 0.3) is 0 Å². The van der Waals surface area contributed by atoms with Crippen LogP contribution >= 0.6 is 11.6 Å². The van der Waals surface area contributed by atoms with Gasteiger partial charge in [-0.2, -0.15) is 0 Å². The summed E-state index contributed by atoms with van der Waals surface area (Å²) in [6.07, 6.45) is 0. The van der Waals surface area contributed by atoms with Crippen molar-refractivity contribution in [3.8, 4) is 0 Å². The second-order valence-electron chi connectivity index (χ2n) is 7.02. The topological polar surface area (TPSA) is 92.8 Å². The molecule has 0 saturated carbocycles. The van der Waals surface area contributed by atoms with Crippen molar-refractivity contribution in [2.24, 2.45) is 11.8 Å². The monoisotopic (exact) mass is 418 g/mol. The second-order valence-corrected chi connectivity index (χ2v) is 9.28. The number of amides is 1. The van der Waals surface area contributed by atoms with E-state index in [0.717, 1.165) is 6.07 Å². The molecule has 0 radical (unpaired) electrons. The predicted octanol–water partition coefficient (Wildman–Crippen LogP) is 2.55. The number of nitrogens with zero attached hydrogens (tertiary/aromatic N) is 1. The molecular weight excluding hydrogens is 392 g/mol. The van der Waals surface area contributed by atoms with E-state index in [4.69, 9.17) is 16.3 Å². The fourth-order valence-corrected chi connectivity index (χ4v) is 3.66. The number of esters is 1. The number of hydrogen-bond donors (Lipinski definition) is 1. The van der Waals surface area contributed by atoms with Gasteiger partial charge in [-0.15, -0.1) is 0 Å². The zero-order chi connectivity index (χ0) is 20.8. The van der Waals surface area contributed by atoms with Crippen molar-refractivity contribution in [2.45, 2.75) is 32.6 Å². The minimum atomic E-state index is -3.82. The molecule has 0 bridgehead atoms. The summed E-state index contributed by atoms with van der Waals surface area (Å²) < 4.78 is 31.1. The number of halogens is 1. The number of benzene rings is 1. The molecule has 0 aliphatic carbocycles. The molecule has 0 fully saturated rings. The van der Waals surface area contributed by atoms with Crippen LogP contribution in [0.1, 0.15) is 38.1 Å². The summed E-state index contributed by atoms with van der Waals surface area (Å²) in [4.78, 5) is 26.1. The van der Waals surface area contributed by atoms with Gasteiger partial charge in [0.2, 0.25) is 10.0 Å². The van der Waals surface area contributed by atoms with E-state index in [1.807, 2.05) is 27.7 Å². The van der Waals surface area contributed by atoms with Crippen LogP contribution in [-0.4, -0.2) is 51.9 Å². The SMILES string of the molecule is CNS(=O)(=O)c1cc(C(=O)OCC(=O)N(CC(C)C)CC(C)C)ccc1Cl. The Labute approximate surface area is 166 Å². The van der Waals surface area contributed by atoms with Crippen molar-refractivity contribution in [2.75, 3.05) is 26.7 Å². The van der Waals surface area contributed by atoms with E-state index in [1.54, 1.807) is 4.90 Å². The first-order valence-electron chi connectivity index (χ1n) is 8.66. The van der Waals surface area contributed by atoms with E-state index < -0.39 is 22.6 Å². The molecule has 27 heavy (non-hydrogen) atoms. The Kier molecular flexibility index (Phi) is 8.71. The largest absolute Gasteiger partial charge is 0.452 e. The zero-order valence-electron chi connectivity index (χ0n) is 16.3. The molecular formula is C18H27ClN2O5S. The van der Waals surface area contributed by atoms with Gasteiger partial charge in [-0.3, -0.25) is 4.79 Å². The van der Waals surface area contributed by atoms with Crippen molar-refractivity contribution in [1.82, 2.24) is 9.62 Å². The van der Waals surface area contributed by atoms with Gasteiger partial charge in [-0.25, -0.2) is 17.9 Å². The lowest BCUT2D eigenvalue weighted by molar-refractivity contribution is -0.135. The smallest absolute Gasteiger partial charge is 0.338 e. The number of nitrogens with one attached hydrogen (secondary N) is 1. The van der Waals surface area contributed by atoms with Crippen LogP contribution in [0.4, 0.5) is 0 Å². The highest BCUT2D eigenvalue weighted by Gasteiger charge is 2.21. The molecule has 0 aliphatic rings. The fraction of sp³-hybridized carbons (Fsp3) is 0.556. The summed E-state index contributed by atoms with van der Waals surface area (Å²) >= 11 is 5.90. The standard InChI is InChI=1S/C18H27ClN2O5S/c1-12(2)9-21(10-13(3)4)17(22)11-26-18(23)14-6-7-15(19)16(8-14)27(24,25)20-5/h6-8,12-13,20H,9-11H2,1-5H3. The molecule has 1 rings (SSSR count). The third-order valence-corrected chi connectivity index (χ3v) is 5.47. The lowest BCUT2D eigenvalue weighted by Gasteiger charge is -2.26. The third kappa shape index (κ3) is 7.12. The Balaban J connectivity index is 2.87. The van der Waals surface area contributed by atoms with Crippen LogP contribution in [0.15, 0.2) is 23.1 Å². The van der Waals surface area contributed by atoms with Gasteiger partial charge in [0.25, 0.3) is 5.91 Å². The van der Waals surface area contributed by atoms with Crippen molar-refractivity contribution in [1.29, 1.82) is 0 Å². The lowest BCUT2D eigenvalue weighted by Crippen LogP contribution is -2.39. The summed E-state index contributed by atoms with van der Waals surface area (Å²) in [5, 5.41) is -0.0166. The van der Waals surface area contributed by atoms with Crippen LogP contribution in [0.3, 0.4) is 0 Å². The maximum Gasteiger partial charge on any atom is 0.338 e. The summed E-state index contributed by atoms with van der Waals surface area (Å²) in [5.74, 6) is -0.507. The van der Waals surface area contributed by atoms with Crippen molar-refractivity contribution in [3.63, 3.8) is 0 Å². The fourth-order valence-electron chi connectivity index (χ4n) is 2.41. The Bertz CT molecular complexity index is 768. The molecule has 1 N–H and O–H groups in total. The molecule has 7 nitrogen and oxygen atoms in total. The Morgan fingerprint density at radius 1 is 1.15 bits per heavy atom. The molecule has 0 atom stereocenters. The van der Waals surface area contributed by atoms with Crippen LogP contribution in [0.2, 0.25) is 5.02 Å². The van der Waals surface area contributed by atoms with Gasteiger partial charge in [0, 0.05) is 13.1 Å². The summed E-state index contributed by atoms with van der Waals surface area (Å²) in [6, 6.07) is 3.78. The van der Waals surface area contributed by atoms with E-state index in [2.05, 4.69) is 4.72 Å². The van der Waals surface area contributed by atoms with Crippen molar-refractivity contribution < 1.29 is 22.7 Å². The molecule has 0 unspecified atom stereocenters. The molecule has 0 spiro atoms. The Morgan fingerprint density at radius 3 is 2.19 bits per heavy atom. The molecule has 9 heteroatoms. The minimum absolute atomic E-state index is 0.000272. The molecule has 0 heterocycles. The Morgan fingerprint density at radius 2 is 1.70 bits per heavy atom. The number of sulfonamides is 1. The van der Waals surface area contributed by atoms with Crippen LogP contribution < -0.4 is 4.72 Å². The molecule has 0 aromatic heterocycles. The number of carbonyl (C=O) groups is 2. The summed E-state index contributed by atoms with van der Waals surface area (Å²) in [6.45, 7) is 8.75. The number of carbonyl (C=O) groups excluding carboxylic acids is 2. The van der Waals surface area contributed by atoms with E-state index in [-0.39, 0.29) is 33.2 Å².